The van der Waals surface area contributed by atoms with Crippen LogP contribution in [0.25, 0.3) is 11.2 Å². The topological polar surface area (TPSA) is 88.2 Å². The molecular weight excluding hydrogens is 392 g/mol. The fourth-order valence-electron chi connectivity index (χ4n) is 3.66. The molecule has 2 aromatic carbocycles. The van der Waals surface area contributed by atoms with Crippen LogP contribution in [0.4, 0.5) is 17.3 Å². The van der Waals surface area contributed by atoms with Crippen LogP contribution >= 0.6 is 0 Å². The second kappa shape index (κ2) is 8.23. The van der Waals surface area contributed by atoms with Crippen LogP contribution in [-0.2, 0) is 4.74 Å². The van der Waals surface area contributed by atoms with E-state index < -0.39 is 0 Å². The highest BCUT2D eigenvalue weighted by molar-refractivity contribution is 5.83. The van der Waals surface area contributed by atoms with E-state index in [2.05, 4.69) is 49.2 Å². The van der Waals surface area contributed by atoms with Gasteiger partial charge in [-0.2, -0.15) is 4.98 Å². The number of H-pyrrole nitrogens is 1. The minimum Gasteiger partial charge on any atom is -0.455 e. The van der Waals surface area contributed by atoms with Gasteiger partial charge in [-0.1, -0.05) is 23.8 Å². The van der Waals surface area contributed by atoms with Crippen molar-refractivity contribution in [3.63, 3.8) is 0 Å². The number of benzene rings is 2. The highest BCUT2D eigenvalue weighted by Crippen LogP contribution is 2.42. The summed E-state index contributed by atoms with van der Waals surface area (Å²) in [6.45, 7) is 7.12. The van der Waals surface area contributed by atoms with Crippen molar-refractivity contribution in [3.8, 4) is 11.5 Å². The minimum atomic E-state index is 0.587. The summed E-state index contributed by atoms with van der Waals surface area (Å²) in [5.41, 5.74) is 5.49. The molecule has 0 spiro atoms. The second-order valence-corrected chi connectivity index (χ2v) is 7.59. The van der Waals surface area contributed by atoms with Gasteiger partial charge in [0.2, 0.25) is 5.95 Å². The van der Waals surface area contributed by atoms with Crippen LogP contribution in [0.3, 0.4) is 0 Å². The van der Waals surface area contributed by atoms with Crippen molar-refractivity contribution in [2.75, 3.05) is 36.5 Å². The lowest BCUT2D eigenvalue weighted by Gasteiger charge is -2.31. The van der Waals surface area contributed by atoms with Crippen molar-refractivity contribution in [2.45, 2.75) is 13.8 Å². The quantitative estimate of drug-likeness (QED) is 0.500. The van der Waals surface area contributed by atoms with Gasteiger partial charge in [0.1, 0.15) is 23.3 Å². The minimum absolute atomic E-state index is 0.587. The monoisotopic (exact) mass is 416 g/mol. The number of aromatic amines is 1. The number of imidazole rings is 1. The molecular formula is C23H24N6O2. The Labute approximate surface area is 180 Å². The first kappa shape index (κ1) is 19.3. The van der Waals surface area contributed by atoms with Gasteiger partial charge in [0, 0.05) is 13.1 Å². The van der Waals surface area contributed by atoms with Crippen molar-refractivity contribution in [2.24, 2.45) is 0 Å². The smallest absolute Gasteiger partial charge is 0.207 e. The highest BCUT2D eigenvalue weighted by atomic mass is 16.5. The van der Waals surface area contributed by atoms with E-state index in [0.717, 1.165) is 47.0 Å². The SMILES string of the molecule is Cc1ccc(Oc2c(C)ccc(N3CCOCC3)c2Nc2nc3ncncc3[nH]2)cc1. The maximum absolute atomic E-state index is 6.38. The third-order valence-corrected chi connectivity index (χ3v) is 5.33. The fraction of sp³-hybridized carbons (Fsp3) is 0.261. The molecule has 8 heteroatoms. The van der Waals surface area contributed by atoms with Crippen LogP contribution in [-0.4, -0.2) is 46.2 Å². The first-order valence-electron chi connectivity index (χ1n) is 10.3. The molecule has 31 heavy (non-hydrogen) atoms. The molecule has 0 aliphatic carbocycles. The predicted octanol–water partition coefficient (Wildman–Crippen LogP) is 4.34. The Morgan fingerprint density at radius 3 is 2.65 bits per heavy atom. The Hall–Kier alpha value is -3.65. The zero-order chi connectivity index (χ0) is 21.2. The molecule has 4 aromatic rings. The summed E-state index contributed by atoms with van der Waals surface area (Å²) in [4.78, 5) is 18.4. The molecule has 1 fully saturated rings. The van der Waals surface area contributed by atoms with Gasteiger partial charge in [0.15, 0.2) is 11.4 Å². The van der Waals surface area contributed by atoms with E-state index in [-0.39, 0.29) is 0 Å². The summed E-state index contributed by atoms with van der Waals surface area (Å²) in [5.74, 6) is 2.13. The van der Waals surface area contributed by atoms with Gasteiger partial charge < -0.3 is 24.7 Å². The Bertz CT molecular complexity index is 1170. The van der Waals surface area contributed by atoms with Gasteiger partial charge in [-0.05, 0) is 37.6 Å². The molecule has 5 rings (SSSR count). The van der Waals surface area contributed by atoms with Gasteiger partial charge in [-0.25, -0.2) is 9.97 Å². The summed E-state index contributed by atoms with van der Waals surface area (Å²) in [6, 6.07) is 12.3. The number of nitrogens with zero attached hydrogens (tertiary/aromatic N) is 4. The summed E-state index contributed by atoms with van der Waals surface area (Å²) in [5, 5.41) is 3.46. The third-order valence-electron chi connectivity index (χ3n) is 5.33. The van der Waals surface area contributed by atoms with Crippen LogP contribution < -0.4 is 15.0 Å². The van der Waals surface area contributed by atoms with Gasteiger partial charge in [-0.15, -0.1) is 0 Å². The number of rotatable bonds is 5. The molecule has 0 unspecified atom stereocenters. The molecule has 158 valence electrons. The molecule has 2 aromatic heterocycles. The van der Waals surface area contributed by atoms with Crippen molar-refractivity contribution in [1.82, 2.24) is 19.9 Å². The van der Waals surface area contributed by atoms with Gasteiger partial charge in [0.05, 0.1) is 25.1 Å². The Balaban J connectivity index is 1.58. The Morgan fingerprint density at radius 2 is 1.87 bits per heavy atom. The molecule has 0 saturated carbocycles. The van der Waals surface area contributed by atoms with Crippen LogP contribution in [0, 0.1) is 13.8 Å². The second-order valence-electron chi connectivity index (χ2n) is 7.59. The van der Waals surface area contributed by atoms with Crippen molar-refractivity contribution >= 4 is 28.5 Å². The lowest BCUT2D eigenvalue weighted by Crippen LogP contribution is -2.36. The number of anilines is 3. The Morgan fingerprint density at radius 1 is 1.06 bits per heavy atom. The molecule has 1 saturated heterocycles. The summed E-state index contributed by atoms with van der Waals surface area (Å²) < 4.78 is 11.9. The van der Waals surface area contributed by atoms with Crippen molar-refractivity contribution in [1.29, 1.82) is 0 Å². The maximum atomic E-state index is 6.38. The zero-order valence-corrected chi connectivity index (χ0v) is 17.6. The standard InChI is InChI=1S/C23H24N6O2/c1-15-3-6-17(7-4-15)31-21-16(2)5-8-19(29-9-11-30-12-10-29)20(21)27-23-26-18-13-24-14-25-22(18)28-23/h3-8,13-14H,9-12H2,1-2H3,(H2,24,25,26,27,28). The maximum Gasteiger partial charge on any atom is 0.207 e. The normalized spacial score (nSPS) is 14.1. The van der Waals surface area contributed by atoms with E-state index in [4.69, 9.17) is 9.47 Å². The lowest BCUT2D eigenvalue weighted by molar-refractivity contribution is 0.123. The number of aryl methyl sites for hydroxylation is 2. The number of fused-ring (bicyclic) bond motifs is 1. The largest absolute Gasteiger partial charge is 0.455 e. The lowest BCUT2D eigenvalue weighted by atomic mass is 10.1. The van der Waals surface area contributed by atoms with E-state index in [9.17, 15) is 0 Å². The van der Waals surface area contributed by atoms with Crippen molar-refractivity contribution in [3.05, 3.63) is 60.0 Å². The van der Waals surface area contributed by atoms with Crippen molar-refractivity contribution < 1.29 is 9.47 Å². The molecule has 0 bridgehead atoms. The number of hydrogen-bond donors (Lipinski definition) is 2. The fourth-order valence-corrected chi connectivity index (χ4v) is 3.66. The molecule has 1 aliphatic rings. The summed E-state index contributed by atoms with van der Waals surface area (Å²) in [7, 11) is 0. The van der Waals surface area contributed by atoms with E-state index in [0.29, 0.717) is 24.8 Å². The van der Waals surface area contributed by atoms with Crippen LogP contribution in [0.15, 0.2) is 48.9 Å². The van der Waals surface area contributed by atoms with Crippen LogP contribution in [0.2, 0.25) is 0 Å². The number of morpholine rings is 1. The average molecular weight is 416 g/mol. The molecule has 1 aliphatic heterocycles. The Kier molecular flexibility index (Phi) is 5.13. The molecule has 8 nitrogen and oxygen atoms in total. The predicted molar refractivity (Wildman–Crippen MR) is 120 cm³/mol. The first-order valence-corrected chi connectivity index (χ1v) is 10.3. The highest BCUT2D eigenvalue weighted by Gasteiger charge is 2.21. The van der Waals surface area contributed by atoms with Gasteiger partial charge in [-0.3, -0.25) is 0 Å². The molecule has 3 heterocycles. The third kappa shape index (κ3) is 4.02. The molecule has 0 atom stereocenters. The number of aromatic nitrogens is 4. The van der Waals surface area contributed by atoms with E-state index in [1.165, 1.54) is 11.9 Å². The van der Waals surface area contributed by atoms with Crippen LogP contribution in [0.1, 0.15) is 11.1 Å². The van der Waals surface area contributed by atoms with Gasteiger partial charge in [0.25, 0.3) is 0 Å². The summed E-state index contributed by atoms with van der Waals surface area (Å²) in [6.07, 6.45) is 3.20. The zero-order valence-electron chi connectivity index (χ0n) is 17.6. The molecule has 0 radical (unpaired) electrons. The number of nitrogens with one attached hydrogen (secondary N) is 2. The average Bonchev–Trinajstić information content (AvgIpc) is 3.21. The number of hydrogen-bond acceptors (Lipinski definition) is 7. The van der Waals surface area contributed by atoms with E-state index >= 15 is 0 Å². The van der Waals surface area contributed by atoms with E-state index in [1.807, 2.05) is 31.2 Å². The van der Waals surface area contributed by atoms with E-state index in [1.54, 1.807) is 6.20 Å². The van der Waals surface area contributed by atoms with Gasteiger partial charge >= 0.3 is 0 Å². The molecule has 0 amide bonds. The molecule has 2 N–H and O–H groups in total. The van der Waals surface area contributed by atoms with Crippen LogP contribution in [0.5, 0.6) is 11.5 Å². The summed E-state index contributed by atoms with van der Waals surface area (Å²) >= 11 is 0. The number of ether oxygens (including phenoxy) is 2. The first-order chi connectivity index (χ1) is 15.2.